The maximum Gasteiger partial charge on any atom is 0.246 e. The Morgan fingerprint density at radius 1 is 1.29 bits per heavy atom. The van der Waals surface area contributed by atoms with Gasteiger partial charge in [-0.25, -0.2) is 8.42 Å². The van der Waals surface area contributed by atoms with Crippen molar-refractivity contribution in [1.29, 1.82) is 0 Å². The quantitative estimate of drug-likeness (QED) is 0.849. The van der Waals surface area contributed by atoms with Crippen LogP contribution in [0.4, 0.5) is 0 Å². The lowest BCUT2D eigenvalue weighted by molar-refractivity contribution is -0.122. The Hall–Kier alpha value is -1.60. The van der Waals surface area contributed by atoms with E-state index in [0.717, 1.165) is 9.87 Å². The lowest BCUT2D eigenvalue weighted by Crippen LogP contribution is -2.46. The average molecular weight is 356 g/mol. The van der Waals surface area contributed by atoms with E-state index < -0.39 is 15.6 Å². The predicted molar refractivity (Wildman–Crippen MR) is 94.8 cm³/mol. The van der Waals surface area contributed by atoms with Gasteiger partial charge in [0.1, 0.15) is 10.6 Å². The Morgan fingerprint density at radius 2 is 1.88 bits per heavy atom. The second-order valence-corrected chi connectivity index (χ2v) is 9.14. The van der Waals surface area contributed by atoms with Crippen LogP contribution in [0, 0.1) is 0 Å². The summed E-state index contributed by atoms with van der Waals surface area (Å²) in [6.07, 6.45) is 0. The van der Waals surface area contributed by atoms with E-state index in [1.165, 1.54) is 14.2 Å². The average Bonchev–Trinajstić information content (AvgIpc) is 2.44. The summed E-state index contributed by atoms with van der Waals surface area (Å²) in [6.45, 7) is 9.24. The minimum Gasteiger partial charge on any atom is -0.495 e. The normalized spacial score (nSPS) is 12.5. The monoisotopic (exact) mass is 356 g/mol. The van der Waals surface area contributed by atoms with Gasteiger partial charge in [0.2, 0.25) is 15.9 Å². The number of nitrogens with zero attached hydrogens (tertiary/aromatic N) is 1. The molecule has 0 saturated carbocycles. The van der Waals surface area contributed by atoms with E-state index >= 15 is 0 Å². The zero-order chi connectivity index (χ0) is 18.7. The summed E-state index contributed by atoms with van der Waals surface area (Å²) in [5.74, 6) is 0.0920. The lowest BCUT2D eigenvalue weighted by atomic mass is 10.0. The number of carbonyl (C=O) groups is 1. The summed E-state index contributed by atoms with van der Waals surface area (Å²) in [4.78, 5) is 12.1. The molecule has 0 aliphatic carbocycles. The number of sulfonamides is 1. The number of rotatable bonds is 6. The van der Waals surface area contributed by atoms with E-state index in [-0.39, 0.29) is 29.0 Å². The number of methoxy groups -OCH3 is 1. The van der Waals surface area contributed by atoms with Gasteiger partial charge in [0.15, 0.2) is 0 Å². The number of amides is 1. The van der Waals surface area contributed by atoms with Crippen molar-refractivity contribution in [3.05, 3.63) is 23.8 Å². The topological polar surface area (TPSA) is 75.7 Å². The van der Waals surface area contributed by atoms with E-state index in [0.29, 0.717) is 0 Å². The highest BCUT2D eigenvalue weighted by Crippen LogP contribution is 2.29. The molecule has 0 aliphatic heterocycles. The van der Waals surface area contributed by atoms with Crippen molar-refractivity contribution in [2.24, 2.45) is 0 Å². The third kappa shape index (κ3) is 5.21. The molecule has 0 saturated heterocycles. The molecule has 7 heteroatoms. The minimum atomic E-state index is -3.84. The van der Waals surface area contributed by atoms with Crippen LogP contribution in [0.5, 0.6) is 5.75 Å². The first-order chi connectivity index (χ1) is 10.9. The van der Waals surface area contributed by atoms with Crippen LogP contribution < -0.4 is 10.1 Å². The van der Waals surface area contributed by atoms with Crippen LogP contribution in [0.2, 0.25) is 0 Å². The van der Waals surface area contributed by atoms with E-state index in [9.17, 15) is 13.2 Å². The number of likely N-dealkylation sites (N-methyl/N-ethyl adjacent to an activating group) is 1. The largest absolute Gasteiger partial charge is 0.495 e. The highest BCUT2D eigenvalue weighted by molar-refractivity contribution is 7.89. The van der Waals surface area contributed by atoms with Gasteiger partial charge in [-0.3, -0.25) is 4.79 Å². The molecule has 0 bridgehead atoms. The molecule has 1 amide bonds. The molecule has 0 aromatic heterocycles. The molecule has 6 nitrogen and oxygen atoms in total. The molecule has 1 aromatic carbocycles. The maximum atomic E-state index is 12.9. The van der Waals surface area contributed by atoms with Crippen LogP contribution >= 0.6 is 0 Å². The Balaban J connectivity index is 3.14. The SMILES string of the molecule is COc1ccc(C(C)C)cc1S(=O)(=O)N(C)CC(=O)NC(C)(C)C. The highest BCUT2D eigenvalue weighted by Gasteiger charge is 2.28. The van der Waals surface area contributed by atoms with Gasteiger partial charge in [0, 0.05) is 12.6 Å². The molecular formula is C17H28N2O4S. The fourth-order valence-corrected chi connectivity index (χ4v) is 3.48. The number of benzene rings is 1. The lowest BCUT2D eigenvalue weighted by Gasteiger charge is -2.24. The van der Waals surface area contributed by atoms with E-state index in [1.54, 1.807) is 12.1 Å². The second kappa shape index (κ2) is 7.53. The van der Waals surface area contributed by atoms with Crippen LogP contribution in [0.3, 0.4) is 0 Å². The Labute approximate surface area is 145 Å². The third-order valence-corrected chi connectivity index (χ3v) is 5.25. The Morgan fingerprint density at radius 3 is 2.33 bits per heavy atom. The van der Waals surface area contributed by atoms with Crippen LogP contribution in [0.15, 0.2) is 23.1 Å². The van der Waals surface area contributed by atoms with Gasteiger partial charge >= 0.3 is 0 Å². The molecular weight excluding hydrogens is 328 g/mol. The molecule has 0 aliphatic rings. The van der Waals surface area contributed by atoms with Gasteiger partial charge in [-0.2, -0.15) is 4.31 Å². The summed E-state index contributed by atoms with van der Waals surface area (Å²) >= 11 is 0. The zero-order valence-corrected chi connectivity index (χ0v) is 16.3. The van der Waals surface area contributed by atoms with Crippen LogP contribution in [-0.2, 0) is 14.8 Å². The number of nitrogens with one attached hydrogen (secondary N) is 1. The van der Waals surface area contributed by atoms with Crippen molar-refractivity contribution < 1.29 is 17.9 Å². The third-order valence-electron chi connectivity index (χ3n) is 3.42. The van der Waals surface area contributed by atoms with Crippen molar-refractivity contribution in [2.45, 2.75) is 51.0 Å². The van der Waals surface area contributed by atoms with E-state index in [4.69, 9.17) is 4.74 Å². The second-order valence-electron chi connectivity index (χ2n) is 7.12. The molecule has 1 N–H and O–H groups in total. The molecule has 0 fully saturated rings. The minimum absolute atomic E-state index is 0.0715. The molecule has 24 heavy (non-hydrogen) atoms. The highest BCUT2D eigenvalue weighted by atomic mass is 32.2. The summed E-state index contributed by atoms with van der Waals surface area (Å²) < 4.78 is 31.9. The fourth-order valence-electron chi connectivity index (χ4n) is 2.17. The molecule has 0 unspecified atom stereocenters. The molecule has 0 radical (unpaired) electrons. The molecule has 1 rings (SSSR count). The smallest absolute Gasteiger partial charge is 0.246 e. The van der Waals surface area contributed by atoms with Crippen molar-refractivity contribution in [2.75, 3.05) is 20.7 Å². The van der Waals surface area contributed by atoms with Gasteiger partial charge in [0.25, 0.3) is 0 Å². The van der Waals surface area contributed by atoms with Gasteiger partial charge in [-0.05, 0) is 44.4 Å². The molecule has 0 spiro atoms. The molecule has 0 atom stereocenters. The first-order valence-electron chi connectivity index (χ1n) is 7.83. The fraction of sp³-hybridized carbons (Fsp3) is 0.588. The molecule has 0 heterocycles. The van der Waals surface area contributed by atoms with Gasteiger partial charge in [0.05, 0.1) is 13.7 Å². The maximum absolute atomic E-state index is 12.9. The molecule has 1 aromatic rings. The summed E-state index contributed by atoms with van der Waals surface area (Å²) in [5, 5.41) is 2.76. The summed E-state index contributed by atoms with van der Waals surface area (Å²) in [6, 6.07) is 5.09. The Bertz CT molecular complexity index is 691. The van der Waals surface area contributed by atoms with Crippen LogP contribution in [0.1, 0.15) is 46.1 Å². The van der Waals surface area contributed by atoms with Gasteiger partial charge < -0.3 is 10.1 Å². The van der Waals surface area contributed by atoms with E-state index in [1.807, 2.05) is 40.7 Å². The van der Waals surface area contributed by atoms with Gasteiger partial charge in [-0.15, -0.1) is 0 Å². The first-order valence-corrected chi connectivity index (χ1v) is 9.27. The standard InChI is InChI=1S/C17H28N2O4S/c1-12(2)13-8-9-14(23-7)15(10-13)24(21,22)19(6)11-16(20)18-17(3,4)5/h8-10,12H,11H2,1-7H3,(H,18,20). The molecule has 136 valence electrons. The van der Waals surface area contributed by atoms with Crippen molar-refractivity contribution in [3.63, 3.8) is 0 Å². The van der Waals surface area contributed by atoms with Crippen molar-refractivity contribution >= 4 is 15.9 Å². The summed E-state index contributed by atoms with van der Waals surface area (Å²) in [5.41, 5.74) is 0.471. The number of hydrogen-bond acceptors (Lipinski definition) is 4. The van der Waals surface area contributed by atoms with Crippen LogP contribution in [0.25, 0.3) is 0 Å². The van der Waals surface area contributed by atoms with Crippen molar-refractivity contribution in [1.82, 2.24) is 9.62 Å². The summed E-state index contributed by atoms with van der Waals surface area (Å²) in [7, 11) is -1.03. The number of hydrogen-bond donors (Lipinski definition) is 1. The zero-order valence-electron chi connectivity index (χ0n) is 15.5. The first kappa shape index (κ1) is 20.4. The van der Waals surface area contributed by atoms with Gasteiger partial charge in [-0.1, -0.05) is 19.9 Å². The number of carbonyl (C=O) groups excluding carboxylic acids is 1. The Kier molecular flexibility index (Phi) is 6.41. The van der Waals surface area contributed by atoms with Crippen molar-refractivity contribution in [3.8, 4) is 5.75 Å². The number of ether oxygens (including phenoxy) is 1. The van der Waals surface area contributed by atoms with Crippen LogP contribution in [-0.4, -0.2) is 44.9 Å². The van der Waals surface area contributed by atoms with E-state index in [2.05, 4.69) is 5.32 Å². The predicted octanol–water partition coefficient (Wildman–Crippen LogP) is 2.35.